The summed E-state index contributed by atoms with van der Waals surface area (Å²) in [6.45, 7) is 0. The highest BCUT2D eigenvalue weighted by molar-refractivity contribution is 6.27. The molecular formula is C38H16N4O4. The Hall–Kier alpha value is -6.54. The fourth-order valence-corrected chi connectivity index (χ4v) is 8.60. The zero-order chi connectivity index (χ0) is 30.3. The van der Waals surface area contributed by atoms with Crippen LogP contribution in [0.2, 0.25) is 0 Å². The number of hydrogen-bond donors (Lipinski definition) is 2. The second-order valence-electron chi connectivity index (χ2n) is 12.4. The first kappa shape index (κ1) is 22.9. The summed E-state index contributed by atoms with van der Waals surface area (Å²) in [5.74, 6) is 0. The van der Waals surface area contributed by atoms with E-state index in [1.54, 1.807) is 33.1 Å². The molecule has 0 bridgehead atoms. The zero-order valence-corrected chi connectivity index (χ0v) is 23.6. The molecule has 8 nitrogen and oxygen atoms in total. The number of nitrogens with zero attached hydrogens (tertiary/aromatic N) is 2. The van der Waals surface area contributed by atoms with E-state index in [2.05, 4.69) is 9.97 Å². The smallest absolute Gasteiger partial charge is 0.264 e. The first-order valence-corrected chi connectivity index (χ1v) is 15.0. The molecule has 0 unspecified atom stereocenters. The molecule has 0 saturated heterocycles. The Morgan fingerprint density at radius 2 is 0.826 bits per heavy atom. The summed E-state index contributed by atoms with van der Waals surface area (Å²) in [7, 11) is 0. The Kier molecular flexibility index (Phi) is 3.52. The predicted molar refractivity (Wildman–Crippen MR) is 182 cm³/mol. The lowest BCUT2D eigenvalue weighted by molar-refractivity contribution is 1.19. The van der Waals surface area contributed by atoms with Crippen molar-refractivity contribution in [3.63, 3.8) is 0 Å². The molecule has 0 spiro atoms. The highest BCUT2D eigenvalue weighted by atomic mass is 16.1. The number of para-hydroxylation sites is 4. The molecule has 0 aliphatic heterocycles. The molecule has 10 aromatic rings. The van der Waals surface area contributed by atoms with Crippen LogP contribution in [-0.2, 0) is 0 Å². The van der Waals surface area contributed by atoms with E-state index in [-0.39, 0.29) is 22.0 Å². The molecular weight excluding hydrogens is 576 g/mol. The topological polar surface area (TPSA) is 109 Å². The molecule has 0 amide bonds. The van der Waals surface area contributed by atoms with E-state index in [0.29, 0.717) is 86.4 Å². The van der Waals surface area contributed by atoms with E-state index < -0.39 is 0 Å². The predicted octanol–water partition coefficient (Wildman–Crippen LogP) is 5.99. The van der Waals surface area contributed by atoms with E-state index in [1.807, 2.05) is 60.7 Å². The van der Waals surface area contributed by atoms with Gasteiger partial charge in [-0.15, -0.1) is 0 Å². The number of nitrogens with one attached hydrogen (secondary N) is 2. The normalized spacial score (nSPS) is 13.1. The molecule has 2 aliphatic carbocycles. The maximum absolute atomic E-state index is 14.6. The van der Waals surface area contributed by atoms with Gasteiger partial charge >= 0.3 is 0 Å². The van der Waals surface area contributed by atoms with Crippen LogP contribution in [-0.4, -0.2) is 18.8 Å². The average molecular weight is 593 g/mol. The number of rotatable bonds is 0. The number of hydrogen-bond acceptors (Lipinski definition) is 4. The van der Waals surface area contributed by atoms with Gasteiger partial charge in [0.05, 0.1) is 22.1 Å². The first-order chi connectivity index (χ1) is 22.5. The third-order valence-corrected chi connectivity index (χ3v) is 10.4. The summed E-state index contributed by atoms with van der Waals surface area (Å²) in [5, 5.41) is 8.10. The Balaban J connectivity index is 1.47. The van der Waals surface area contributed by atoms with Gasteiger partial charge < -0.3 is 9.97 Å². The van der Waals surface area contributed by atoms with Crippen LogP contribution in [0.15, 0.2) is 104 Å². The summed E-state index contributed by atoms with van der Waals surface area (Å²) in [5.41, 5.74) is 3.48. The highest BCUT2D eigenvalue weighted by Gasteiger charge is 2.26. The van der Waals surface area contributed by atoms with Gasteiger partial charge in [-0.05, 0) is 60.7 Å². The van der Waals surface area contributed by atoms with E-state index in [1.165, 1.54) is 0 Å². The van der Waals surface area contributed by atoms with Gasteiger partial charge in [0.2, 0.25) is 0 Å². The summed E-state index contributed by atoms with van der Waals surface area (Å²) in [6.07, 6.45) is 0. The Bertz CT molecular complexity index is 3440. The maximum Gasteiger partial charge on any atom is 0.264 e. The van der Waals surface area contributed by atoms with Crippen molar-refractivity contribution in [1.82, 2.24) is 18.8 Å². The van der Waals surface area contributed by atoms with Crippen molar-refractivity contribution >= 4 is 98.0 Å². The minimum Gasteiger partial charge on any atom is -0.339 e. The van der Waals surface area contributed by atoms with E-state index >= 15 is 0 Å². The van der Waals surface area contributed by atoms with E-state index in [4.69, 9.17) is 0 Å². The Morgan fingerprint density at radius 1 is 0.413 bits per heavy atom. The van der Waals surface area contributed by atoms with Gasteiger partial charge in [-0.2, -0.15) is 0 Å². The highest BCUT2D eigenvalue weighted by Crippen LogP contribution is 2.40. The quantitative estimate of drug-likeness (QED) is 0.226. The van der Waals surface area contributed by atoms with Crippen molar-refractivity contribution in [3.8, 4) is 0 Å². The van der Waals surface area contributed by atoms with Crippen LogP contribution in [0.4, 0.5) is 0 Å². The summed E-state index contributed by atoms with van der Waals surface area (Å²) in [4.78, 5) is 64.2. The van der Waals surface area contributed by atoms with E-state index in [9.17, 15) is 19.2 Å². The van der Waals surface area contributed by atoms with Crippen LogP contribution in [0, 0.1) is 10.4 Å². The Labute approximate surface area is 252 Å². The number of benzene rings is 6. The SMILES string of the molecule is O=c1c2cc3c4c(ccc5c(=O)c6cc7c8c(ccc1c8c6=c2c54)c(=O)n1c2ccccc2[nH]c71)c(=O)n1c2ccccc2[nH]c31. The molecule has 4 heterocycles. The molecule has 4 aromatic heterocycles. The van der Waals surface area contributed by atoms with Crippen molar-refractivity contribution in [2.75, 3.05) is 0 Å². The van der Waals surface area contributed by atoms with Crippen molar-refractivity contribution < 1.29 is 0 Å². The summed E-state index contributed by atoms with van der Waals surface area (Å²) < 4.78 is 3.32. The van der Waals surface area contributed by atoms with Gasteiger partial charge in [0.15, 0.2) is 10.9 Å². The maximum atomic E-state index is 14.6. The average Bonchev–Trinajstić information content (AvgIpc) is 3.67. The molecule has 46 heavy (non-hydrogen) atoms. The lowest BCUT2D eigenvalue weighted by Crippen LogP contribution is -2.18. The third-order valence-electron chi connectivity index (χ3n) is 10.4. The molecule has 2 N–H and O–H groups in total. The van der Waals surface area contributed by atoms with Crippen LogP contribution < -0.4 is 22.0 Å². The fourth-order valence-electron chi connectivity index (χ4n) is 8.60. The van der Waals surface area contributed by atoms with Crippen molar-refractivity contribution in [3.05, 3.63) is 137 Å². The van der Waals surface area contributed by atoms with Gasteiger partial charge in [-0.3, -0.25) is 28.0 Å². The van der Waals surface area contributed by atoms with Crippen LogP contribution >= 0.6 is 0 Å². The Morgan fingerprint density at radius 3 is 1.28 bits per heavy atom. The minimum atomic E-state index is -0.196. The summed E-state index contributed by atoms with van der Waals surface area (Å²) in [6, 6.07) is 25.9. The van der Waals surface area contributed by atoms with E-state index in [0.717, 1.165) is 22.1 Å². The van der Waals surface area contributed by atoms with Gasteiger partial charge in [-0.25, -0.2) is 0 Å². The molecule has 12 rings (SSSR count). The second kappa shape index (κ2) is 7.06. The molecule has 0 atom stereocenters. The number of aromatic nitrogens is 4. The second-order valence-corrected chi connectivity index (χ2v) is 12.4. The number of aromatic amines is 2. The van der Waals surface area contributed by atoms with Crippen LogP contribution in [0.1, 0.15) is 0 Å². The molecule has 0 fully saturated rings. The number of imidazole rings is 2. The molecule has 0 saturated carbocycles. The van der Waals surface area contributed by atoms with Crippen molar-refractivity contribution in [2.45, 2.75) is 0 Å². The number of pyridine rings is 2. The van der Waals surface area contributed by atoms with Crippen LogP contribution in [0.5, 0.6) is 0 Å². The first-order valence-electron chi connectivity index (χ1n) is 15.0. The molecule has 6 aromatic carbocycles. The monoisotopic (exact) mass is 592 g/mol. The van der Waals surface area contributed by atoms with Crippen LogP contribution in [0.3, 0.4) is 0 Å². The molecule has 2 aliphatic rings. The third kappa shape index (κ3) is 2.23. The zero-order valence-electron chi connectivity index (χ0n) is 23.6. The van der Waals surface area contributed by atoms with Crippen molar-refractivity contribution in [2.24, 2.45) is 0 Å². The van der Waals surface area contributed by atoms with Crippen LogP contribution in [0.25, 0.3) is 98.0 Å². The lowest BCUT2D eigenvalue weighted by Gasteiger charge is -2.17. The number of H-pyrrole nitrogens is 2. The summed E-state index contributed by atoms with van der Waals surface area (Å²) >= 11 is 0. The standard InChI is InChI=1S/C38H16N4O4/c43-33-16-10-12-18-28-22(36-40-24-6-2-4-8-26(24)42(36)38(18)46)14-20-32(30(16)28)31-19(33)13-21-27-17(11-9-15(29(27)31)34(20)44)37(45)41-25-7-3-1-5-23(25)39-35(21)41/h1-14,39-40H. The van der Waals surface area contributed by atoms with Gasteiger partial charge in [0, 0.05) is 75.1 Å². The van der Waals surface area contributed by atoms with Crippen molar-refractivity contribution in [1.29, 1.82) is 0 Å². The molecule has 0 radical (unpaired) electrons. The minimum absolute atomic E-state index is 0.178. The van der Waals surface area contributed by atoms with Gasteiger partial charge in [0.25, 0.3) is 11.1 Å². The largest absolute Gasteiger partial charge is 0.339 e. The van der Waals surface area contributed by atoms with Gasteiger partial charge in [-0.1, -0.05) is 24.3 Å². The lowest BCUT2D eigenvalue weighted by atomic mass is 9.85. The molecule has 8 heteroatoms. The fraction of sp³-hybridized carbons (Fsp3) is 0. The molecule has 212 valence electrons. The number of fused-ring (bicyclic) bond motifs is 8. The van der Waals surface area contributed by atoms with Gasteiger partial charge in [0.1, 0.15) is 11.3 Å².